The topological polar surface area (TPSA) is 113 Å². The summed E-state index contributed by atoms with van der Waals surface area (Å²) in [5, 5.41) is 18.5. The highest BCUT2D eigenvalue weighted by atomic mass is 32.2. The van der Waals surface area contributed by atoms with Crippen molar-refractivity contribution < 1.29 is 28.2 Å². The number of sulfonamides is 1. The van der Waals surface area contributed by atoms with E-state index < -0.39 is 16.0 Å². The third kappa shape index (κ3) is 5.25. The Kier molecular flexibility index (Phi) is 6.38. The standard InChI is InChI=1S/C10H15NO6S2/c12-3-5-17-4-1-2-11-19(15,16)9-6-8(7-18-9)10(13)14/h6-7,11-12H,1-5H2,(H,13,14). The molecule has 1 rings (SSSR count). The van der Waals surface area contributed by atoms with Gasteiger partial charge < -0.3 is 14.9 Å². The summed E-state index contributed by atoms with van der Waals surface area (Å²) < 4.78 is 30.9. The predicted octanol–water partition coefficient (Wildman–Crippen LogP) is 0.124. The van der Waals surface area contributed by atoms with Gasteiger partial charge in [0.1, 0.15) is 4.21 Å². The summed E-state index contributed by atoms with van der Waals surface area (Å²) in [7, 11) is -3.67. The van der Waals surface area contributed by atoms with Crippen molar-refractivity contribution in [2.24, 2.45) is 0 Å². The number of carboxylic acid groups (broad SMARTS) is 1. The largest absolute Gasteiger partial charge is 0.478 e. The molecule has 0 unspecified atom stereocenters. The van der Waals surface area contributed by atoms with Crippen molar-refractivity contribution >= 4 is 27.3 Å². The normalized spacial score (nSPS) is 11.6. The molecule has 0 aliphatic heterocycles. The van der Waals surface area contributed by atoms with Crippen molar-refractivity contribution in [2.45, 2.75) is 10.6 Å². The van der Waals surface area contributed by atoms with Crippen molar-refractivity contribution in [3.63, 3.8) is 0 Å². The highest BCUT2D eigenvalue weighted by Crippen LogP contribution is 2.19. The number of nitrogens with one attached hydrogen (secondary N) is 1. The number of ether oxygens (including phenoxy) is 1. The highest BCUT2D eigenvalue weighted by Gasteiger charge is 2.18. The van der Waals surface area contributed by atoms with E-state index in [1.807, 2.05) is 0 Å². The number of carboxylic acids is 1. The monoisotopic (exact) mass is 309 g/mol. The molecule has 0 fully saturated rings. The third-order valence-corrected chi connectivity index (χ3v) is 4.98. The number of rotatable bonds is 9. The molecular weight excluding hydrogens is 294 g/mol. The van der Waals surface area contributed by atoms with Gasteiger partial charge in [-0.15, -0.1) is 11.3 Å². The first-order valence-corrected chi connectivity index (χ1v) is 7.84. The fraction of sp³-hybridized carbons (Fsp3) is 0.500. The second-order valence-electron chi connectivity index (χ2n) is 3.55. The SMILES string of the molecule is O=C(O)c1csc(S(=O)(=O)NCCCOCCO)c1. The lowest BCUT2D eigenvalue weighted by atomic mass is 10.4. The van der Waals surface area contributed by atoms with E-state index in [1.54, 1.807) is 0 Å². The molecule has 0 aliphatic carbocycles. The zero-order valence-electron chi connectivity index (χ0n) is 10.0. The summed E-state index contributed by atoms with van der Waals surface area (Å²) in [6.07, 6.45) is 0.469. The molecule has 0 saturated carbocycles. The van der Waals surface area contributed by atoms with Gasteiger partial charge in [-0.3, -0.25) is 0 Å². The molecule has 1 aromatic heterocycles. The molecule has 0 aliphatic rings. The van der Waals surface area contributed by atoms with Gasteiger partial charge >= 0.3 is 5.97 Å². The molecule has 1 aromatic rings. The first kappa shape index (κ1) is 16.1. The average molecular weight is 309 g/mol. The molecule has 0 bridgehead atoms. The van der Waals surface area contributed by atoms with E-state index in [9.17, 15) is 13.2 Å². The quantitative estimate of drug-likeness (QED) is 0.559. The third-order valence-electron chi connectivity index (χ3n) is 2.08. The molecule has 108 valence electrons. The van der Waals surface area contributed by atoms with Crippen LogP contribution in [0.1, 0.15) is 16.8 Å². The number of hydrogen-bond donors (Lipinski definition) is 3. The van der Waals surface area contributed by atoms with E-state index in [4.69, 9.17) is 14.9 Å². The van der Waals surface area contributed by atoms with E-state index in [-0.39, 0.29) is 29.5 Å². The van der Waals surface area contributed by atoms with Gasteiger partial charge in [0, 0.05) is 18.5 Å². The number of aromatic carboxylic acids is 1. The maximum Gasteiger partial charge on any atom is 0.336 e. The average Bonchev–Trinajstić information content (AvgIpc) is 2.84. The van der Waals surface area contributed by atoms with Crippen molar-refractivity contribution in [3.8, 4) is 0 Å². The zero-order chi connectivity index (χ0) is 14.3. The lowest BCUT2D eigenvalue weighted by Crippen LogP contribution is -2.25. The Bertz CT molecular complexity index is 510. The van der Waals surface area contributed by atoms with Crippen LogP contribution in [0.3, 0.4) is 0 Å². The molecule has 3 N–H and O–H groups in total. The molecule has 0 aromatic carbocycles. The summed E-state index contributed by atoms with van der Waals surface area (Å²) in [5.41, 5.74) is -0.0448. The van der Waals surface area contributed by atoms with Gasteiger partial charge in [0.05, 0.1) is 18.8 Å². The van der Waals surface area contributed by atoms with Crippen LogP contribution in [-0.4, -0.2) is 51.0 Å². The van der Waals surface area contributed by atoms with Gasteiger partial charge in [-0.25, -0.2) is 17.9 Å². The van der Waals surface area contributed by atoms with Gasteiger partial charge in [0.2, 0.25) is 10.0 Å². The minimum Gasteiger partial charge on any atom is -0.478 e. The lowest BCUT2D eigenvalue weighted by molar-refractivity contribution is 0.0697. The molecule has 0 radical (unpaired) electrons. The number of hydrogen-bond acceptors (Lipinski definition) is 6. The van der Waals surface area contributed by atoms with Gasteiger partial charge in [-0.2, -0.15) is 0 Å². The second kappa shape index (κ2) is 7.56. The molecule has 0 spiro atoms. The number of aliphatic hydroxyl groups excluding tert-OH is 1. The van der Waals surface area contributed by atoms with Crippen LogP contribution in [0.15, 0.2) is 15.7 Å². The van der Waals surface area contributed by atoms with Crippen LogP contribution in [0, 0.1) is 0 Å². The molecule has 7 nitrogen and oxygen atoms in total. The first-order chi connectivity index (χ1) is 8.97. The highest BCUT2D eigenvalue weighted by molar-refractivity contribution is 7.91. The van der Waals surface area contributed by atoms with Crippen molar-refractivity contribution in [1.29, 1.82) is 0 Å². The zero-order valence-corrected chi connectivity index (χ0v) is 11.7. The Morgan fingerprint density at radius 2 is 2.16 bits per heavy atom. The summed E-state index contributed by atoms with van der Waals surface area (Å²) in [6.45, 7) is 0.681. The van der Waals surface area contributed by atoms with Gasteiger partial charge in [-0.05, 0) is 12.5 Å². The fourth-order valence-electron chi connectivity index (χ4n) is 1.19. The Hall–Kier alpha value is -1.00. The van der Waals surface area contributed by atoms with Crippen LogP contribution >= 0.6 is 11.3 Å². The van der Waals surface area contributed by atoms with Gasteiger partial charge in [-0.1, -0.05) is 0 Å². The summed E-state index contributed by atoms with van der Waals surface area (Å²) in [6, 6.07) is 1.12. The maximum absolute atomic E-state index is 11.8. The minimum atomic E-state index is -3.67. The van der Waals surface area contributed by atoms with E-state index in [0.717, 1.165) is 17.4 Å². The molecule has 19 heavy (non-hydrogen) atoms. The summed E-state index contributed by atoms with van der Waals surface area (Å²) >= 11 is 0.861. The van der Waals surface area contributed by atoms with Crippen LogP contribution in [0.5, 0.6) is 0 Å². The van der Waals surface area contributed by atoms with Crippen LogP contribution in [-0.2, 0) is 14.8 Å². The molecule has 0 saturated heterocycles. The minimum absolute atomic E-state index is 0.0267. The molecule has 9 heteroatoms. The van der Waals surface area contributed by atoms with Crippen molar-refractivity contribution in [3.05, 3.63) is 17.0 Å². The summed E-state index contributed by atoms with van der Waals surface area (Å²) in [4.78, 5) is 10.7. The van der Waals surface area contributed by atoms with Crippen LogP contribution in [0.4, 0.5) is 0 Å². The Morgan fingerprint density at radius 1 is 1.42 bits per heavy atom. The Labute approximate surface area is 114 Å². The van der Waals surface area contributed by atoms with E-state index in [1.165, 1.54) is 5.38 Å². The smallest absolute Gasteiger partial charge is 0.336 e. The predicted molar refractivity (Wildman–Crippen MR) is 69.0 cm³/mol. The van der Waals surface area contributed by atoms with Crippen molar-refractivity contribution in [2.75, 3.05) is 26.4 Å². The number of aliphatic hydroxyl groups is 1. The fourth-order valence-corrected chi connectivity index (χ4v) is 3.46. The van der Waals surface area contributed by atoms with Crippen LogP contribution < -0.4 is 4.72 Å². The molecule has 0 atom stereocenters. The van der Waals surface area contributed by atoms with Crippen LogP contribution in [0.25, 0.3) is 0 Å². The number of thiophene rings is 1. The lowest BCUT2D eigenvalue weighted by Gasteiger charge is -2.04. The molecule has 0 amide bonds. The van der Waals surface area contributed by atoms with Gasteiger partial charge in [0.25, 0.3) is 0 Å². The Balaban J connectivity index is 2.44. The molecular formula is C10H15NO6S2. The van der Waals surface area contributed by atoms with Crippen molar-refractivity contribution in [1.82, 2.24) is 4.72 Å². The van der Waals surface area contributed by atoms with Crippen LogP contribution in [0.2, 0.25) is 0 Å². The Morgan fingerprint density at radius 3 is 2.74 bits per heavy atom. The summed E-state index contributed by atoms with van der Waals surface area (Å²) in [5.74, 6) is -1.16. The van der Waals surface area contributed by atoms with E-state index in [2.05, 4.69) is 4.72 Å². The molecule has 1 heterocycles. The van der Waals surface area contributed by atoms with E-state index >= 15 is 0 Å². The van der Waals surface area contributed by atoms with Gasteiger partial charge in [0.15, 0.2) is 0 Å². The maximum atomic E-state index is 11.8. The first-order valence-electron chi connectivity index (χ1n) is 5.47. The van der Waals surface area contributed by atoms with E-state index in [0.29, 0.717) is 13.0 Å². The number of carbonyl (C=O) groups is 1. The second-order valence-corrected chi connectivity index (χ2v) is 6.45.